The number of amides is 1. The molecule has 1 fully saturated rings. The highest BCUT2D eigenvalue weighted by Gasteiger charge is 2.42. The van der Waals surface area contributed by atoms with Crippen molar-refractivity contribution in [3.63, 3.8) is 0 Å². The molecule has 27 heavy (non-hydrogen) atoms. The molecular formula is C17H17BrF3N3O3. The van der Waals surface area contributed by atoms with Gasteiger partial charge in [-0.15, -0.1) is 0 Å². The minimum absolute atomic E-state index is 0.0258. The van der Waals surface area contributed by atoms with Gasteiger partial charge in [-0.05, 0) is 40.9 Å². The van der Waals surface area contributed by atoms with E-state index >= 15 is 0 Å². The molecule has 0 spiro atoms. The second-order valence-electron chi connectivity index (χ2n) is 6.09. The molecule has 0 radical (unpaired) electrons. The second kappa shape index (κ2) is 7.41. The van der Waals surface area contributed by atoms with Gasteiger partial charge in [0.25, 0.3) is 0 Å². The van der Waals surface area contributed by atoms with E-state index in [4.69, 9.17) is 9.47 Å². The molecule has 146 valence electrons. The van der Waals surface area contributed by atoms with Crippen LogP contribution in [0.15, 0.2) is 22.7 Å². The Balaban J connectivity index is 1.85. The number of ether oxygens (including phenoxy) is 2. The van der Waals surface area contributed by atoms with Crippen molar-refractivity contribution in [2.45, 2.75) is 31.5 Å². The summed E-state index contributed by atoms with van der Waals surface area (Å²) in [5, 5.41) is 6.27. The first-order valence-electron chi connectivity index (χ1n) is 8.09. The van der Waals surface area contributed by atoms with E-state index in [1.165, 1.54) is 14.2 Å². The highest BCUT2D eigenvalue weighted by atomic mass is 79.9. The maximum atomic E-state index is 13.2. The number of aromatic nitrogens is 2. The van der Waals surface area contributed by atoms with Crippen molar-refractivity contribution in [1.29, 1.82) is 0 Å². The molecule has 2 aromatic rings. The molecule has 1 aromatic heterocycles. The van der Waals surface area contributed by atoms with Gasteiger partial charge < -0.3 is 14.8 Å². The first-order chi connectivity index (χ1) is 12.7. The number of rotatable bonds is 6. The number of alkyl halides is 3. The van der Waals surface area contributed by atoms with E-state index in [1.807, 2.05) is 0 Å². The molecule has 6 nitrogen and oxygen atoms in total. The average molecular weight is 448 g/mol. The standard InChI is InChI=1S/C17H17BrF3N3O3/c1-26-10-5-6-12(27-2)11(7-10)22-13(25)8-24-15(9-3-4-9)14(18)16(23-24)17(19,20)21/h5-7,9H,3-4,8H2,1-2H3,(H,22,25). The van der Waals surface area contributed by atoms with Crippen molar-refractivity contribution < 1.29 is 27.4 Å². The molecule has 1 amide bonds. The van der Waals surface area contributed by atoms with Crippen LogP contribution in [0.25, 0.3) is 0 Å². The number of anilines is 1. The minimum atomic E-state index is -4.60. The molecular weight excluding hydrogens is 431 g/mol. The van der Waals surface area contributed by atoms with Crippen molar-refractivity contribution in [2.75, 3.05) is 19.5 Å². The SMILES string of the molecule is COc1ccc(OC)c(NC(=O)Cn2nc(C(F)(F)F)c(Br)c2C2CC2)c1. The number of nitrogens with zero attached hydrogens (tertiary/aromatic N) is 2. The summed E-state index contributed by atoms with van der Waals surface area (Å²) >= 11 is 3.01. The lowest BCUT2D eigenvalue weighted by Crippen LogP contribution is -2.21. The number of halogens is 4. The first-order valence-corrected chi connectivity index (χ1v) is 8.89. The summed E-state index contributed by atoms with van der Waals surface area (Å²) in [6, 6.07) is 4.86. The maximum Gasteiger partial charge on any atom is 0.436 e. The maximum absolute atomic E-state index is 13.2. The van der Waals surface area contributed by atoms with Crippen LogP contribution in [0.1, 0.15) is 30.1 Å². The Morgan fingerprint density at radius 1 is 1.33 bits per heavy atom. The lowest BCUT2D eigenvalue weighted by Gasteiger charge is -2.12. The van der Waals surface area contributed by atoms with Crippen LogP contribution in [0.3, 0.4) is 0 Å². The number of benzene rings is 1. The lowest BCUT2D eigenvalue weighted by molar-refractivity contribution is -0.142. The Kier molecular flexibility index (Phi) is 5.36. The zero-order chi connectivity index (χ0) is 19.8. The first kappa shape index (κ1) is 19.5. The molecule has 0 aliphatic heterocycles. The quantitative estimate of drug-likeness (QED) is 0.720. The van der Waals surface area contributed by atoms with Crippen LogP contribution in [-0.4, -0.2) is 29.9 Å². The van der Waals surface area contributed by atoms with Gasteiger partial charge in [0, 0.05) is 12.0 Å². The number of nitrogens with one attached hydrogen (secondary N) is 1. The summed E-state index contributed by atoms with van der Waals surface area (Å²) < 4.78 is 50.8. The van der Waals surface area contributed by atoms with Gasteiger partial charge in [-0.1, -0.05) is 0 Å². The van der Waals surface area contributed by atoms with Gasteiger partial charge in [-0.3, -0.25) is 9.48 Å². The van der Waals surface area contributed by atoms with Gasteiger partial charge >= 0.3 is 6.18 Å². The zero-order valence-corrected chi connectivity index (χ0v) is 16.1. The number of carbonyl (C=O) groups is 1. The molecule has 10 heteroatoms. The third kappa shape index (κ3) is 4.20. The molecule has 1 aliphatic carbocycles. The van der Waals surface area contributed by atoms with Crippen LogP contribution in [0.5, 0.6) is 11.5 Å². The highest BCUT2D eigenvalue weighted by Crippen LogP contribution is 2.47. The third-order valence-corrected chi connectivity index (χ3v) is 4.92. The molecule has 0 atom stereocenters. The molecule has 1 heterocycles. The second-order valence-corrected chi connectivity index (χ2v) is 6.88. The van der Waals surface area contributed by atoms with Crippen LogP contribution in [0.4, 0.5) is 18.9 Å². The van der Waals surface area contributed by atoms with E-state index in [0.29, 0.717) is 22.9 Å². The monoisotopic (exact) mass is 447 g/mol. The fourth-order valence-corrected chi connectivity index (χ4v) is 3.57. The fourth-order valence-electron chi connectivity index (χ4n) is 2.74. The zero-order valence-electron chi connectivity index (χ0n) is 14.6. The Hall–Kier alpha value is -2.23. The Labute approximate surface area is 161 Å². The summed E-state index contributed by atoms with van der Waals surface area (Å²) in [6.45, 7) is -0.346. The van der Waals surface area contributed by atoms with Crippen molar-refractivity contribution in [3.8, 4) is 11.5 Å². The Morgan fingerprint density at radius 3 is 2.59 bits per heavy atom. The third-order valence-electron chi connectivity index (χ3n) is 4.14. The normalized spacial score (nSPS) is 14.1. The summed E-state index contributed by atoms with van der Waals surface area (Å²) in [4.78, 5) is 12.5. The smallest absolute Gasteiger partial charge is 0.436 e. The van der Waals surface area contributed by atoms with Crippen LogP contribution in [0, 0.1) is 0 Å². The molecule has 0 saturated heterocycles. The number of methoxy groups -OCH3 is 2. The van der Waals surface area contributed by atoms with Gasteiger partial charge in [0.1, 0.15) is 18.0 Å². The van der Waals surface area contributed by atoms with Crippen molar-refractivity contribution in [2.24, 2.45) is 0 Å². The van der Waals surface area contributed by atoms with Crippen LogP contribution >= 0.6 is 15.9 Å². The molecule has 1 aromatic carbocycles. The van der Waals surface area contributed by atoms with E-state index in [1.54, 1.807) is 18.2 Å². The minimum Gasteiger partial charge on any atom is -0.497 e. The van der Waals surface area contributed by atoms with Crippen LogP contribution < -0.4 is 14.8 Å². The summed E-state index contributed by atoms with van der Waals surface area (Å²) in [5.74, 6) is 0.365. The molecule has 1 N–H and O–H groups in total. The van der Waals surface area contributed by atoms with E-state index in [-0.39, 0.29) is 16.9 Å². The number of carbonyl (C=O) groups excluding carboxylic acids is 1. The Bertz CT molecular complexity index is 863. The summed E-state index contributed by atoms with van der Waals surface area (Å²) in [5.41, 5.74) is -0.261. The van der Waals surface area contributed by atoms with Gasteiger partial charge in [-0.25, -0.2) is 0 Å². The molecule has 0 bridgehead atoms. The van der Waals surface area contributed by atoms with Crippen LogP contribution in [-0.2, 0) is 17.5 Å². The van der Waals surface area contributed by atoms with E-state index < -0.39 is 17.8 Å². The summed E-state index contributed by atoms with van der Waals surface area (Å²) in [6.07, 6.45) is -3.06. The largest absolute Gasteiger partial charge is 0.497 e. The lowest BCUT2D eigenvalue weighted by atomic mass is 10.2. The molecule has 0 unspecified atom stereocenters. The van der Waals surface area contributed by atoms with E-state index in [9.17, 15) is 18.0 Å². The molecule has 1 saturated carbocycles. The predicted octanol–water partition coefficient (Wildman–Crippen LogP) is 4.20. The van der Waals surface area contributed by atoms with Gasteiger partial charge in [-0.2, -0.15) is 18.3 Å². The van der Waals surface area contributed by atoms with Crippen molar-refractivity contribution in [3.05, 3.63) is 34.1 Å². The van der Waals surface area contributed by atoms with E-state index in [2.05, 4.69) is 26.3 Å². The fraction of sp³-hybridized carbons (Fsp3) is 0.412. The topological polar surface area (TPSA) is 65.4 Å². The van der Waals surface area contributed by atoms with Gasteiger partial charge in [0.2, 0.25) is 5.91 Å². The van der Waals surface area contributed by atoms with E-state index in [0.717, 1.165) is 17.5 Å². The average Bonchev–Trinajstić information content (AvgIpc) is 3.37. The van der Waals surface area contributed by atoms with Crippen molar-refractivity contribution in [1.82, 2.24) is 9.78 Å². The number of hydrogen-bond acceptors (Lipinski definition) is 4. The Morgan fingerprint density at radius 2 is 2.04 bits per heavy atom. The van der Waals surface area contributed by atoms with Crippen molar-refractivity contribution >= 4 is 27.5 Å². The van der Waals surface area contributed by atoms with Crippen LogP contribution in [0.2, 0.25) is 0 Å². The highest BCUT2D eigenvalue weighted by molar-refractivity contribution is 9.10. The molecule has 3 rings (SSSR count). The van der Waals surface area contributed by atoms with Gasteiger partial charge in [0.05, 0.1) is 30.1 Å². The number of hydrogen-bond donors (Lipinski definition) is 1. The predicted molar refractivity (Wildman–Crippen MR) is 95.1 cm³/mol. The summed E-state index contributed by atoms with van der Waals surface area (Å²) in [7, 11) is 2.93. The molecule has 1 aliphatic rings. The van der Waals surface area contributed by atoms with Gasteiger partial charge in [0.15, 0.2) is 5.69 Å².